The highest BCUT2D eigenvalue weighted by Crippen LogP contribution is 2.35. The van der Waals surface area contributed by atoms with E-state index in [-0.39, 0.29) is 6.79 Å². The number of hydrogen-bond donors (Lipinski definition) is 0. The topological polar surface area (TPSA) is 36.9 Å². The van der Waals surface area contributed by atoms with Crippen molar-refractivity contribution in [2.45, 2.75) is 13.3 Å². The van der Waals surface area contributed by atoms with Crippen LogP contribution >= 0.6 is 0 Å². The number of hydrogen-bond acceptors (Lipinski definition) is 4. The van der Waals surface area contributed by atoms with Crippen LogP contribution in [0.3, 0.4) is 0 Å². The van der Waals surface area contributed by atoms with E-state index in [1.165, 1.54) is 5.56 Å². The van der Waals surface area contributed by atoms with Gasteiger partial charge in [0.25, 0.3) is 0 Å². The number of aryl methyl sites for hydroxylation is 1. The van der Waals surface area contributed by atoms with Crippen LogP contribution in [0, 0.1) is 6.92 Å². The average Bonchev–Trinajstić information content (AvgIpc) is 2.96. The lowest BCUT2D eigenvalue weighted by Crippen LogP contribution is -2.04. The first-order chi connectivity index (χ1) is 10.3. The predicted molar refractivity (Wildman–Crippen MR) is 79.4 cm³/mol. The number of rotatable bonds is 6. The first-order valence-corrected chi connectivity index (χ1v) is 7.03. The van der Waals surface area contributed by atoms with Crippen LogP contribution in [-0.2, 0) is 0 Å². The SMILES string of the molecule is Cc1ccc(OCCCOc2ccc3c(c2)OCO3)cc1. The van der Waals surface area contributed by atoms with Crippen LogP contribution in [0.1, 0.15) is 12.0 Å². The van der Waals surface area contributed by atoms with Gasteiger partial charge in [0.15, 0.2) is 11.5 Å². The van der Waals surface area contributed by atoms with Crippen LogP contribution in [0.25, 0.3) is 0 Å². The number of benzene rings is 2. The van der Waals surface area contributed by atoms with Gasteiger partial charge in [-0.15, -0.1) is 0 Å². The number of ether oxygens (including phenoxy) is 4. The van der Waals surface area contributed by atoms with Gasteiger partial charge >= 0.3 is 0 Å². The molecule has 21 heavy (non-hydrogen) atoms. The molecule has 0 aromatic heterocycles. The van der Waals surface area contributed by atoms with E-state index in [4.69, 9.17) is 18.9 Å². The van der Waals surface area contributed by atoms with Crippen LogP contribution < -0.4 is 18.9 Å². The fraction of sp³-hybridized carbons (Fsp3) is 0.294. The minimum Gasteiger partial charge on any atom is -0.493 e. The Hall–Kier alpha value is -2.36. The Labute approximate surface area is 124 Å². The minimum atomic E-state index is 0.281. The smallest absolute Gasteiger partial charge is 0.231 e. The second-order valence-corrected chi connectivity index (χ2v) is 4.88. The molecule has 0 atom stereocenters. The largest absolute Gasteiger partial charge is 0.493 e. The molecule has 0 radical (unpaired) electrons. The van der Waals surface area contributed by atoms with Crippen molar-refractivity contribution in [3.05, 3.63) is 48.0 Å². The van der Waals surface area contributed by atoms with E-state index < -0.39 is 0 Å². The molecule has 0 saturated heterocycles. The van der Waals surface area contributed by atoms with E-state index >= 15 is 0 Å². The van der Waals surface area contributed by atoms with Crippen molar-refractivity contribution >= 4 is 0 Å². The molecule has 0 fully saturated rings. The van der Waals surface area contributed by atoms with Crippen molar-refractivity contribution in [1.82, 2.24) is 0 Å². The van der Waals surface area contributed by atoms with Crippen LogP contribution in [0.15, 0.2) is 42.5 Å². The van der Waals surface area contributed by atoms with Crippen LogP contribution in [-0.4, -0.2) is 20.0 Å². The second-order valence-electron chi connectivity index (χ2n) is 4.88. The molecule has 3 rings (SSSR count). The van der Waals surface area contributed by atoms with Gasteiger partial charge in [0.2, 0.25) is 6.79 Å². The molecule has 2 aromatic rings. The molecule has 0 N–H and O–H groups in total. The van der Waals surface area contributed by atoms with Gasteiger partial charge in [-0.2, -0.15) is 0 Å². The zero-order valence-electron chi connectivity index (χ0n) is 12.0. The molecular weight excluding hydrogens is 268 g/mol. The molecule has 0 bridgehead atoms. The molecule has 1 aliphatic rings. The molecule has 0 spiro atoms. The molecule has 0 aliphatic carbocycles. The quantitative estimate of drug-likeness (QED) is 0.761. The van der Waals surface area contributed by atoms with E-state index in [9.17, 15) is 0 Å². The van der Waals surface area contributed by atoms with E-state index in [1.54, 1.807) is 0 Å². The third-order valence-electron chi connectivity index (χ3n) is 3.19. The minimum absolute atomic E-state index is 0.281. The second kappa shape index (κ2) is 6.39. The van der Waals surface area contributed by atoms with E-state index in [0.717, 1.165) is 29.4 Å². The summed E-state index contributed by atoms with van der Waals surface area (Å²) in [4.78, 5) is 0. The third-order valence-corrected chi connectivity index (χ3v) is 3.19. The molecule has 4 heteroatoms. The summed E-state index contributed by atoms with van der Waals surface area (Å²) in [5, 5.41) is 0. The number of fused-ring (bicyclic) bond motifs is 1. The van der Waals surface area contributed by atoms with Crippen molar-refractivity contribution in [3.8, 4) is 23.0 Å². The van der Waals surface area contributed by atoms with Gasteiger partial charge in [0.05, 0.1) is 13.2 Å². The molecule has 0 unspecified atom stereocenters. The molecule has 0 amide bonds. The van der Waals surface area contributed by atoms with Crippen LogP contribution in [0.5, 0.6) is 23.0 Å². The van der Waals surface area contributed by atoms with Gasteiger partial charge in [0.1, 0.15) is 11.5 Å². The summed E-state index contributed by atoms with van der Waals surface area (Å²) in [7, 11) is 0. The Bertz CT molecular complexity index is 592. The van der Waals surface area contributed by atoms with Crippen molar-refractivity contribution in [2.75, 3.05) is 20.0 Å². The van der Waals surface area contributed by atoms with Gasteiger partial charge in [-0.1, -0.05) is 17.7 Å². The first kappa shape index (κ1) is 13.6. The van der Waals surface area contributed by atoms with Crippen LogP contribution in [0.2, 0.25) is 0 Å². The maximum absolute atomic E-state index is 5.67. The van der Waals surface area contributed by atoms with Crippen molar-refractivity contribution in [1.29, 1.82) is 0 Å². The molecule has 2 aromatic carbocycles. The Morgan fingerprint density at radius 1 is 0.857 bits per heavy atom. The zero-order valence-corrected chi connectivity index (χ0v) is 12.0. The van der Waals surface area contributed by atoms with Crippen molar-refractivity contribution in [2.24, 2.45) is 0 Å². The standard InChI is InChI=1S/C17H18O4/c1-13-3-5-14(6-4-13)18-9-2-10-19-15-7-8-16-17(11-15)21-12-20-16/h3-8,11H,2,9-10,12H2,1H3. The summed E-state index contributed by atoms with van der Waals surface area (Å²) < 4.78 is 21.9. The molecule has 4 nitrogen and oxygen atoms in total. The molecular formula is C17H18O4. The van der Waals surface area contributed by atoms with Crippen molar-refractivity contribution in [3.63, 3.8) is 0 Å². The summed E-state index contributed by atoms with van der Waals surface area (Å²) in [6, 6.07) is 13.6. The van der Waals surface area contributed by atoms with Gasteiger partial charge in [-0.05, 0) is 31.2 Å². The fourth-order valence-electron chi connectivity index (χ4n) is 2.04. The van der Waals surface area contributed by atoms with Gasteiger partial charge in [0, 0.05) is 12.5 Å². The predicted octanol–water partition coefficient (Wildman–Crippen LogP) is 3.57. The highest BCUT2D eigenvalue weighted by molar-refractivity contribution is 5.46. The molecule has 0 saturated carbocycles. The lowest BCUT2D eigenvalue weighted by atomic mass is 10.2. The van der Waals surface area contributed by atoms with E-state index in [0.29, 0.717) is 13.2 Å². The maximum Gasteiger partial charge on any atom is 0.231 e. The molecule has 1 heterocycles. The monoisotopic (exact) mass is 286 g/mol. The van der Waals surface area contributed by atoms with Gasteiger partial charge < -0.3 is 18.9 Å². The highest BCUT2D eigenvalue weighted by Gasteiger charge is 2.13. The first-order valence-electron chi connectivity index (χ1n) is 7.03. The molecule has 110 valence electrons. The summed E-state index contributed by atoms with van der Waals surface area (Å²) >= 11 is 0. The summed E-state index contributed by atoms with van der Waals surface area (Å²) in [5.74, 6) is 3.19. The summed E-state index contributed by atoms with van der Waals surface area (Å²) in [6.45, 7) is 3.57. The van der Waals surface area contributed by atoms with Crippen molar-refractivity contribution < 1.29 is 18.9 Å². The lowest BCUT2D eigenvalue weighted by Gasteiger charge is -2.08. The molecule has 1 aliphatic heterocycles. The van der Waals surface area contributed by atoms with Crippen LogP contribution in [0.4, 0.5) is 0 Å². The Kier molecular flexibility index (Phi) is 4.15. The Morgan fingerprint density at radius 3 is 2.33 bits per heavy atom. The summed E-state index contributed by atoms with van der Waals surface area (Å²) in [6.07, 6.45) is 0.822. The average molecular weight is 286 g/mol. The normalized spacial score (nSPS) is 12.2. The Balaban J connectivity index is 1.39. The van der Waals surface area contributed by atoms with Gasteiger partial charge in [-0.3, -0.25) is 0 Å². The lowest BCUT2D eigenvalue weighted by molar-refractivity contribution is 0.173. The van der Waals surface area contributed by atoms with Gasteiger partial charge in [-0.25, -0.2) is 0 Å². The summed E-state index contributed by atoms with van der Waals surface area (Å²) in [5.41, 5.74) is 1.23. The Morgan fingerprint density at radius 2 is 1.52 bits per heavy atom. The maximum atomic E-state index is 5.67. The third kappa shape index (κ3) is 3.60. The fourth-order valence-corrected chi connectivity index (χ4v) is 2.04. The van der Waals surface area contributed by atoms with E-state index in [1.807, 2.05) is 42.5 Å². The highest BCUT2D eigenvalue weighted by atomic mass is 16.7. The zero-order chi connectivity index (χ0) is 14.5. The van der Waals surface area contributed by atoms with E-state index in [2.05, 4.69) is 6.92 Å².